The van der Waals surface area contributed by atoms with Gasteiger partial charge in [0.25, 0.3) is 0 Å². The first-order valence-corrected chi connectivity index (χ1v) is 7.17. The van der Waals surface area contributed by atoms with Crippen LogP contribution in [-0.4, -0.2) is 22.4 Å². The van der Waals surface area contributed by atoms with E-state index in [1.807, 2.05) is 0 Å². The van der Waals surface area contributed by atoms with Crippen LogP contribution in [0, 0.1) is 5.41 Å². The minimum absolute atomic E-state index is 0.227. The number of hydrogen-bond donors (Lipinski definition) is 1. The van der Waals surface area contributed by atoms with Crippen molar-refractivity contribution in [2.45, 2.75) is 67.0 Å². The van der Waals surface area contributed by atoms with Crippen molar-refractivity contribution in [3.8, 4) is 0 Å². The molecule has 1 heterocycles. The van der Waals surface area contributed by atoms with Crippen molar-refractivity contribution in [2.24, 2.45) is 5.41 Å². The molecule has 1 aromatic heterocycles. The van der Waals surface area contributed by atoms with E-state index in [1.165, 1.54) is 11.4 Å². The second kappa shape index (κ2) is 6.37. The lowest BCUT2D eigenvalue weighted by Gasteiger charge is -2.27. The largest absolute Gasteiger partial charge is 0.314 e. The molecule has 0 amide bonds. The summed E-state index contributed by atoms with van der Waals surface area (Å²) in [6.07, 6.45) is 2.07. The topological polar surface area (TPSA) is 29.9 Å². The molecule has 3 heteroatoms. The summed E-state index contributed by atoms with van der Waals surface area (Å²) in [7, 11) is 0. The van der Waals surface area contributed by atoms with E-state index in [9.17, 15) is 0 Å². The van der Waals surface area contributed by atoms with Gasteiger partial charge < -0.3 is 5.32 Å². The first kappa shape index (κ1) is 15.2. The minimum atomic E-state index is 0.227. The summed E-state index contributed by atoms with van der Waals surface area (Å²) in [5.41, 5.74) is 2.79. The monoisotopic (exact) mass is 251 g/mol. The highest BCUT2D eigenvalue weighted by atomic mass is 15.3. The van der Waals surface area contributed by atoms with Gasteiger partial charge in [0.05, 0.1) is 5.69 Å². The van der Waals surface area contributed by atoms with Crippen molar-refractivity contribution >= 4 is 0 Å². The van der Waals surface area contributed by atoms with Crippen LogP contribution in [0.1, 0.15) is 52.9 Å². The molecule has 0 fully saturated rings. The second-order valence-electron chi connectivity index (χ2n) is 6.19. The molecule has 104 valence electrons. The van der Waals surface area contributed by atoms with Crippen LogP contribution < -0.4 is 5.32 Å². The van der Waals surface area contributed by atoms with Crippen LogP contribution in [0.3, 0.4) is 0 Å². The fraction of sp³-hybridized carbons (Fsp3) is 0.800. The molecule has 3 nitrogen and oxygen atoms in total. The summed E-state index contributed by atoms with van der Waals surface area (Å²) in [4.78, 5) is 0. The molecule has 18 heavy (non-hydrogen) atoms. The Kier molecular flexibility index (Phi) is 5.39. The Morgan fingerprint density at radius 2 is 1.94 bits per heavy atom. The van der Waals surface area contributed by atoms with Crippen molar-refractivity contribution in [2.75, 3.05) is 6.54 Å². The van der Waals surface area contributed by atoms with Crippen LogP contribution in [0.25, 0.3) is 0 Å². The molecule has 0 spiro atoms. The summed E-state index contributed by atoms with van der Waals surface area (Å²) in [6, 6.07) is 2.78. The Balaban J connectivity index is 2.72. The maximum atomic E-state index is 4.70. The highest BCUT2D eigenvalue weighted by Gasteiger charge is 2.20. The molecule has 0 bridgehead atoms. The van der Waals surface area contributed by atoms with Crippen LogP contribution in [0.4, 0.5) is 0 Å². The molecule has 1 rings (SSSR count). The Hall–Kier alpha value is -0.830. The van der Waals surface area contributed by atoms with Gasteiger partial charge in [-0.05, 0) is 24.3 Å². The standard InChI is InChI=1S/C15H29N3/c1-7-13-9-14(8-2)18(17-13)11-15(5,6)10-16-12(3)4/h9,12,16H,7-8,10-11H2,1-6H3. The molecule has 0 saturated heterocycles. The molecule has 0 aromatic carbocycles. The third-order valence-electron chi connectivity index (χ3n) is 3.21. The van der Waals surface area contributed by atoms with Crippen molar-refractivity contribution in [3.63, 3.8) is 0 Å². The number of aryl methyl sites for hydroxylation is 2. The van der Waals surface area contributed by atoms with Crippen LogP contribution in [0.2, 0.25) is 0 Å². The molecule has 1 N–H and O–H groups in total. The van der Waals surface area contributed by atoms with Gasteiger partial charge >= 0.3 is 0 Å². The van der Waals surface area contributed by atoms with Gasteiger partial charge in [-0.15, -0.1) is 0 Å². The molecule has 0 unspecified atom stereocenters. The number of nitrogens with zero attached hydrogens (tertiary/aromatic N) is 2. The lowest BCUT2D eigenvalue weighted by molar-refractivity contribution is 0.265. The van der Waals surface area contributed by atoms with Gasteiger partial charge in [-0.1, -0.05) is 41.5 Å². The summed E-state index contributed by atoms with van der Waals surface area (Å²) in [5, 5.41) is 8.22. The number of aromatic nitrogens is 2. The van der Waals surface area contributed by atoms with Gasteiger partial charge in [-0.3, -0.25) is 4.68 Å². The van der Waals surface area contributed by atoms with E-state index in [1.54, 1.807) is 0 Å². The molecule has 1 aromatic rings. The second-order valence-corrected chi connectivity index (χ2v) is 6.19. The van der Waals surface area contributed by atoms with Gasteiger partial charge in [0.15, 0.2) is 0 Å². The van der Waals surface area contributed by atoms with Gasteiger partial charge in [-0.2, -0.15) is 5.10 Å². The Morgan fingerprint density at radius 1 is 1.28 bits per heavy atom. The van der Waals surface area contributed by atoms with Crippen LogP contribution in [-0.2, 0) is 19.4 Å². The summed E-state index contributed by atoms with van der Waals surface area (Å²) in [5.74, 6) is 0. The predicted molar refractivity (Wildman–Crippen MR) is 77.9 cm³/mol. The Labute approximate surface area is 112 Å². The van der Waals surface area contributed by atoms with E-state index in [-0.39, 0.29) is 5.41 Å². The summed E-state index contributed by atoms with van der Waals surface area (Å²) in [6.45, 7) is 15.4. The van der Waals surface area contributed by atoms with E-state index in [0.717, 1.165) is 25.9 Å². The van der Waals surface area contributed by atoms with E-state index < -0.39 is 0 Å². The summed E-state index contributed by atoms with van der Waals surface area (Å²) >= 11 is 0. The maximum Gasteiger partial charge on any atom is 0.0624 e. The Bertz CT molecular complexity index is 364. The van der Waals surface area contributed by atoms with Crippen molar-refractivity contribution in [3.05, 3.63) is 17.5 Å². The van der Waals surface area contributed by atoms with Gasteiger partial charge in [0.1, 0.15) is 0 Å². The van der Waals surface area contributed by atoms with Crippen LogP contribution >= 0.6 is 0 Å². The normalized spacial score (nSPS) is 12.4. The number of nitrogens with one attached hydrogen (secondary N) is 1. The van der Waals surface area contributed by atoms with Gasteiger partial charge in [0.2, 0.25) is 0 Å². The average Bonchev–Trinajstić information content (AvgIpc) is 2.68. The summed E-state index contributed by atoms with van der Waals surface area (Å²) < 4.78 is 2.20. The van der Waals surface area contributed by atoms with E-state index in [4.69, 9.17) is 5.10 Å². The molecule has 0 atom stereocenters. The molecular weight excluding hydrogens is 222 g/mol. The molecule has 0 radical (unpaired) electrons. The zero-order valence-electron chi connectivity index (χ0n) is 12.9. The van der Waals surface area contributed by atoms with E-state index in [0.29, 0.717) is 6.04 Å². The third-order valence-corrected chi connectivity index (χ3v) is 3.21. The third kappa shape index (κ3) is 4.45. The zero-order chi connectivity index (χ0) is 13.8. The van der Waals surface area contributed by atoms with Crippen LogP contribution in [0.15, 0.2) is 6.07 Å². The van der Waals surface area contributed by atoms with E-state index in [2.05, 4.69) is 57.6 Å². The highest BCUT2D eigenvalue weighted by molar-refractivity contribution is 5.10. The fourth-order valence-corrected chi connectivity index (χ4v) is 2.05. The SMILES string of the molecule is CCc1cc(CC)n(CC(C)(C)CNC(C)C)n1. The fourth-order valence-electron chi connectivity index (χ4n) is 2.05. The molecule has 0 aliphatic carbocycles. The van der Waals surface area contributed by atoms with Crippen molar-refractivity contribution in [1.82, 2.24) is 15.1 Å². The smallest absolute Gasteiger partial charge is 0.0624 e. The number of rotatable bonds is 7. The number of hydrogen-bond acceptors (Lipinski definition) is 2. The highest BCUT2D eigenvalue weighted by Crippen LogP contribution is 2.19. The molecular formula is C15H29N3. The molecule has 0 aliphatic rings. The van der Waals surface area contributed by atoms with Crippen molar-refractivity contribution in [1.29, 1.82) is 0 Å². The molecule has 0 aliphatic heterocycles. The van der Waals surface area contributed by atoms with E-state index >= 15 is 0 Å². The van der Waals surface area contributed by atoms with Gasteiger partial charge in [0, 0.05) is 24.8 Å². The quantitative estimate of drug-likeness (QED) is 0.807. The first-order chi connectivity index (χ1) is 8.38. The predicted octanol–water partition coefficient (Wildman–Crippen LogP) is 3.03. The van der Waals surface area contributed by atoms with Crippen molar-refractivity contribution < 1.29 is 0 Å². The first-order valence-electron chi connectivity index (χ1n) is 7.17. The zero-order valence-corrected chi connectivity index (χ0v) is 12.9. The average molecular weight is 251 g/mol. The molecule has 0 saturated carbocycles. The Morgan fingerprint density at radius 3 is 2.44 bits per heavy atom. The maximum absolute atomic E-state index is 4.70. The minimum Gasteiger partial charge on any atom is -0.314 e. The lowest BCUT2D eigenvalue weighted by Crippen LogP contribution is -2.37. The van der Waals surface area contributed by atoms with Crippen LogP contribution in [0.5, 0.6) is 0 Å². The van der Waals surface area contributed by atoms with Gasteiger partial charge in [-0.25, -0.2) is 0 Å². The lowest BCUT2D eigenvalue weighted by atomic mass is 9.93.